The maximum Gasteiger partial charge on any atom is 0.371 e. The summed E-state index contributed by atoms with van der Waals surface area (Å²) in [7, 11) is 1.72. The van der Waals surface area contributed by atoms with Gasteiger partial charge in [-0.05, 0) is 80.1 Å². The topological polar surface area (TPSA) is 112 Å². The van der Waals surface area contributed by atoms with Crippen molar-refractivity contribution >= 4 is 44.1 Å². The van der Waals surface area contributed by atoms with Gasteiger partial charge in [-0.1, -0.05) is 6.07 Å². The average molecular weight is 539 g/mol. The number of aliphatic hydroxyl groups is 1. The van der Waals surface area contributed by atoms with Crippen LogP contribution in [0.4, 0.5) is 0 Å². The number of Topliss-reactive ketones (excluding diaryl/α,β-unsaturated/α-hetero) is 1. The lowest BCUT2D eigenvalue weighted by atomic mass is 9.90. The van der Waals surface area contributed by atoms with Gasteiger partial charge in [-0.2, -0.15) is 0 Å². The summed E-state index contributed by atoms with van der Waals surface area (Å²) < 4.78 is 12.6. The van der Waals surface area contributed by atoms with Crippen molar-refractivity contribution in [2.75, 3.05) is 26.8 Å². The van der Waals surface area contributed by atoms with Gasteiger partial charge in [-0.15, -0.1) is 11.3 Å². The first-order valence-electron chi connectivity index (χ1n) is 12.7. The molecule has 1 aliphatic heterocycles. The Labute approximate surface area is 225 Å². The van der Waals surface area contributed by atoms with Gasteiger partial charge < -0.3 is 24.7 Å². The number of methoxy groups -OCH3 is 1. The molecule has 0 aliphatic carbocycles. The number of hydrogen-bond acceptors (Lipinski definition) is 7. The van der Waals surface area contributed by atoms with Crippen LogP contribution in [-0.4, -0.2) is 70.8 Å². The van der Waals surface area contributed by atoms with Gasteiger partial charge >= 0.3 is 5.97 Å². The summed E-state index contributed by atoms with van der Waals surface area (Å²) in [5.41, 5.74) is 1.05. The van der Waals surface area contributed by atoms with Crippen molar-refractivity contribution in [2.45, 2.75) is 44.8 Å². The molecule has 9 heteroatoms. The third-order valence-electron chi connectivity index (χ3n) is 6.90. The zero-order valence-corrected chi connectivity index (χ0v) is 22.7. The zero-order chi connectivity index (χ0) is 27.2. The molecule has 0 saturated carbocycles. The van der Waals surface area contributed by atoms with E-state index in [-0.39, 0.29) is 0 Å². The third-order valence-corrected chi connectivity index (χ3v) is 8.16. The number of carboxylic acids is 1. The van der Waals surface area contributed by atoms with Crippen LogP contribution in [0.1, 0.15) is 37.5 Å². The Kier molecular flexibility index (Phi) is 9.04. The van der Waals surface area contributed by atoms with Gasteiger partial charge in [-0.3, -0.25) is 9.69 Å². The van der Waals surface area contributed by atoms with E-state index in [1.54, 1.807) is 7.11 Å². The summed E-state index contributed by atoms with van der Waals surface area (Å²) in [4.78, 5) is 26.0. The first-order valence-corrected chi connectivity index (χ1v) is 13.5. The first-order chi connectivity index (χ1) is 18.2. The van der Waals surface area contributed by atoms with Crippen LogP contribution in [0.3, 0.4) is 0 Å². The highest BCUT2D eigenvalue weighted by atomic mass is 32.1. The summed E-state index contributed by atoms with van der Waals surface area (Å²) in [5, 5.41) is 20.6. The quantitative estimate of drug-likeness (QED) is 0.269. The molecule has 3 N–H and O–H groups in total. The molecular formula is C29H34N2O6S. The van der Waals surface area contributed by atoms with Crippen LogP contribution in [0.5, 0.6) is 11.5 Å². The minimum absolute atomic E-state index is 0.301. The number of H-pyrrole nitrogens is 1. The zero-order valence-electron chi connectivity index (χ0n) is 21.8. The molecule has 8 nitrogen and oxygen atoms in total. The van der Waals surface area contributed by atoms with Gasteiger partial charge in [-0.25, -0.2) is 4.79 Å². The Balaban J connectivity index is 0.000000505. The van der Waals surface area contributed by atoms with E-state index in [1.165, 1.54) is 15.0 Å². The summed E-state index contributed by atoms with van der Waals surface area (Å²) in [6.07, 6.45) is 3.62. The predicted molar refractivity (Wildman–Crippen MR) is 150 cm³/mol. The number of ketones is 1. The highest BCUT2D eigenvalue weighted by molar-refractivity contribution is 7.19. The fourth-order valence-corrected chi connectivity index (χ4v) is 6.04. The van der Waals surface area contributed by atoms with Crippen molar-refractivity contribution in [3.8, 4) is 11.5 Å². The van der Waals surface area contributed by atoms with Crippen molar-refractivity contribution in [1.29, 1.82) is 0 Å². The van der Waals surface area contributed by atoms with Crippen molar-refractivity contribution in [3.05, 3.63) is 59.6 Å². The number of nitrogens with zero attached hydrogens (tertiary/aromatic N) is 1. The fourth-order valence-electron chi connectivity index (χ4n) is 4.80. The molecule has 1 fully saturated rings. The normalized spacial score (nSPS) is 18.5. The summed E-state index contributed by atoms with van der Waals surface area (Å²) in [6.45, 7) is 5.21. The number of carbonyl (C=O) groups excluding carboxylic acids is 1. The molecule has 5 rings (SSSR count). The van der Waals surface area contributed by atoms with Crippen molar-refractivity contribution in [1.82, 2.24) is 9.88 Å². The Hall–Kier alpha value is -3.40. The first kappa shape index (κ1) is 27.6. The Bertz CT molecular complexity index is 1380. The number of thiophene rings is 1. The molecule has 1 saturated heterocycles. The van der Waals surface area contributed by atoms with Crippen LogP contribution in [-0.2, 0) is 9.59 Å². The van der Waals surface area contributed by atoms with Crippen LogP contribution in [0.2, 0.25) is 0 Å². The number of aromatic amines is 1. The molecule has 0 bridgehead atoms. The summed E-state index contributed by atoms with van der Waals surface area (Å²) in [6, 6.07) is 17.0. The van der Waals surface area contributed by atoms with Gasteiger partial charge in [0, 0.05) is 46.2 Å². The van der Waals surface area contributed by atoms with Crippen LogP contribution in [0.25, 0.3) is 21.0 Å². The number of rotatable bonds is 8. The number of nitrogens with one attached hydrogen (secondary N) is 1. The minimum Gasteiger partial charge on any atom is -0.497 e. The summed E-state index contributed by atoms with van der Waals surface area (Å²) >= 11 is 1.89. The van der Waals surface area contributed by atoms with Gasteiger partial charge in [0.1, 0.15) is 24.2 Å². The predicted octanol–water partition coefficient (Wildman–Crippen LogP) is 5.06. The van der Waals surface area contributed by atoms with Crippen LogP contribution < -0.4 is 9.47 Å². The van der Waals surface area contributed by atoms with E-state index in [0.29, 0.717) is 25.1 Å². The molecule has 0 spiro atoms. The second-order valence-corrected chi connectivity index (χ2v) is 10.8. The average Bonchev–Trinajstić information content (AvgIpc) is 3.56. The van der Waals surface area contributed by atoms with E-state index >= 15 is 0 Å². The van der Waals surface area contributed by atoms with Crippen molar-refractivity contribution < 1.29 is 29.3 Å². The number of carboxylic acid groups (broad SMARTS) is 1. The highest BCUT2D eigenvalue weighted by Crippen LogP contribution is 2.39. The second-order valence-electron chi connectivity index (χ2n) is 9.64. The number of ether oxygens (including phenoxy) is 2. The molecule has 0 amide bonds. The molecule has 4 aromatic rings. The lowest BCUT2D eigenvalue weighted by molar-refractivity contribution is -0.148. The number of benzene rings is 2. The van der Waals surface area contributed by atoms with E-state index in [1.807, 2.05) is 47.9 Å². The summed E-state index contributed by atoms with van der Waals surface area (Å²) in [5.74, 6) is 0.100. The van der Waals surface area contributed by atoms with Crippen LogP contribution in [0.15, 0.2) is 54.7 Å². The number of aliphatic carboxylic acids is 1. The molecular weight excluding hydrogens is 504 g/mol. The second kappa shape index (κ2) is 12.4. The molecule has 0 unspecified atom stereocenters. The number of hydrogen-bond donors (Lipinski definition) is 3. The lowest BCUT2D eigenvalue weighted by Gasteiger charge is -2.38. The maximum atomic E-state index is 10.6. The Morgan fingerprint density at radius 1 is 1.21 bits per heavy atom. The number of carbonyl (C=O) groups is 2. The van der Waals surface area contributed by atoms with E-state index in [2.05, 4.69) is 35.0 Å². The number of aliphatic hydroxyl groups excluding tert-OH is 1. The van der Waals surface area contributed by atoms with Crippen molar-refractivity contribution in [3.63, 3.8) is 0 Å². The SMILES string of the molecule is CC(=O)C(=O)O.COc1ccc2cc([C@H]3CCN(C[C@H](O)COc4cccc5[nH]ccc45)[C@@H](C)C3)sc2c1. The van der Waals surface area contributed by atoms with E-state index in [9.17, 15) is 14.7 Å². The molecule has 3 atom stereocenters. The fraction of sp³-hybridized carbons (Fsp3) is 0.379. The molecule has 0 radical (unpaired) electrons. The monoisotopic (exact) mass is 538 g/mol. The molecule has 2 aromatic carbocycles. The van der Waals surface area contributed by atoms with E-state index in [4.69, 9.17) is 14.6 Å². The van der Waals surface area contributed by atoms with Gasteiger partial charge in [0.05, 0.1) is 7.11 Å². The number of β-amino-alcohol motifs (C(OH)–C–C–N with tert-alkyl or cyclic N) is 1. The Morgan fingerprint density at radius 3 is 2.71 bits per heavy atom. The maximum absolute atomic E-state index is 10.6. The molecule has 2 aromatic heterocycles. The minimum atomic E-state index is -1.38. The standard InChI is InChI=1S/C26H30N2O3S.C3H4O3/c1-17-12-19(25-13-18-6-7-21(30-2)14-26(18)32-25)9-11-28(17)15-20(29)16-31-24-5-3-4-23-22(24)8-10-27-23;1-2(4)3(5)6/h3-8,10,13-14,17,19-20,27,29H,9,11-12,15-16H2,1-2H3;1H3,(H,5,6)/t17-,19-,20-;/m0./s1. The van der Waals surface area contributed by atoms with Crippen LogP contribution in [0, 0.1) is 0 Å². The van der Waals surface area contributed by atoms with Crippen molar-refractivity contribution in [2.24, 2.45) is 0 Å². The molecule has 38 heavy (non-hydrogen) atoms. The smallest absolute Gasteiger partial charge is 0.371 e. The van der Waals surface area contributed by atoms with E-state index in [0.717, 1.165) is 48.7 Å². The van der Waals surface area contributed by atoms with Gasteiger partial charge in [0.2, 0.25) is 5.78 Å². The number of likely N-dealkylation sites (tertiary alicyclic amines) is 1. The Morgan fingerprint density at radius 2 is 2.00 bits per heavy atom. The number of piperidine rings is 1. The largest absolute Gasteiger partial charge is 0.497 e. The van der Waals surface area contributed by atoms with Gasteiger partial charge in [0.15, 0.2) is 0 Å². The highest BCUT2D eigenvalue weighted by Gasteiger charge is 2.29. The van der Waals surface area contributed by atoms with E-state index < -0.39 is 17.9 Å². The molecule has 1 aliphatic rings. The third kappa shape index (κ3) is 6.72. The van der Waals surface area contributed by atoms with Crippen LogP contribution >= 0.6 is 11.3 Å². The molecule has 3 heterocycles. The number of aromatic nitrogens is 1. The van der Waals surface area contributed by atoms with Gasteiger partial charge in [0.25, 0.3) is 0 Å². The number of fused-ring (bicyclic) bond motifs is 2. The molecule has 202 valence electrons. The lowest BCUT2D eigenvalue weighted by Crippen LogP contribution is -2.45.